The average Bonchev–Trinajstić information content (AvgIpc) is 2.98. The topological polar surface area (TPSA) is 46.4 Å². The summed E-state index contributed by atoms with van der Waals surface area (Å²) in [4.78, 5) is 13.2. The van der Waals surface area contributed by atoms with Crippen molar-refractivity contribution < 1.29 is 4.79 Å². The number of carbonyl (C=O) groups is 1. The lowest BCUT2D eigenvalue weighted by Crippen LogP contribution is -2.17. The molecule has 1 aromatic heterocycles. The van der Waals surface area contributed by atoms with E-state index in [1.54, 1.807) is 30.1 Å². The highest BCUT2D eigenvalue weighted by Gasteiger charge is 2.12. The minimum atomic E-state index is -0.114. The molecule has 0 aliphatic carbocycles. The van der Waals surface area contributed by atoms with Crippen LogP contribution in [-0.2, 0) is 4.79 Å². The van der Waals surface area contributed by atoms with E-state index in [9.17, 15) is 4.79 Å². The normalized spacial score (nSPS) is 11.2. The lowest BCUT2D eigenvalue weighted by molar-refractivity contribution is -0.120. The molecule has 1 N–H and O–H groups in total. The summed E-state index contributed by atoms with van der Waals surface area (Å²) in [5.41, 5.74) is 6.27. The molecule has 3 aromatic rings. The zero-order valence-electron chi connectivity index (χ0n) is 16.2. The third-order valence-corrected chi connectivity index (χ3v) is 5.92. The van der Waals surface area contributed by atoms with Gasteiger partial charge in [-0.3, -0.25) is 4.79 Å². The first-order valence-electron chi connectivity index (χ1n) is 9.10. The molecule has 0 aliphatic rings. The minimum absolute atomic E-state index is 0.114. The van der Waals surface area contributed by atoms with Crippen molar-refractivity contribution >= 4 is 47.1 Å². The van der Waals surface area contributed by atoms with Crippen molar-refractivity contribution in [3.63, 3.8) is 0 Å². The molecule has 0 spiro atoms. The third kappa shape index (κ3) is 5.66. The van der Waals surface area contributed by atoms with Crippen LogP contribution >= 0.6 is 35.0 Å². The van der Waals surface area contributed by atoms with Crippen LogP contribution in [0.3, 0.4) is 0 Å². The number of hydrogen-bond donors (Lipinski definition) is 1. The van der Waals surface area contributed by atoms with Crippen molar-refractivity contribution in [1.29, 1.82) is 0 Å². The van der Waals surface area contributed by atoms with Gasteiger partial charge >= 0.3 is 0 Å². The first-order valence-corrected chi connectivity index (χ1v) is 10.8. The number of aryl methyl sites for hydroxylation is 1. The maximum atomic E-state index is 12.0. The van der Waals surface area contributed by atoms with Gasteiger partial charge in [0.15, 0.2) is 0 Å². The maximum absolute atomic E-state index is 12.0. The summed E-state index contributed by atoms with van der Waals surface area (Å²) in [5.74, 6) is 0.587. The number of thioether (sulfide) groups is 1. The SMILES string of the molecule is Cc1cc(/C=N/NC(=O)CCSc2ccccc2)c(C)n1-c1cc(Cl)ccc1Cl. The van der Waals surface area contributed by atoms with E-state index in [0.717, 1.165) is 27.5 Å². The van der Waals surface area contributed by atoms with Gasteiger partial charge in [0.05, 0.1) is 16.9 Å². The van der Waals surface area contributed by atoms with Crippen LogP contribution in [-0.4, -0.2) is 22.4 Å². The van der Waals surface area contributed by atoms with Crippen LogP contribution in [0.15, 0.2) is 64.6 Å². The summed E-state index contributed by atoms with van der Waals surface area (Å²) in [6, 6.07) is 17.4. The fourth-order valence-corrected chi connectivity index (χ4v) is 4.20. The lowest BCUT2D eigenvalue weighted by Gasteiger charge is -2.12. The predicted molar refractivity (Wildman–Crippen MR) is 123 cm³/mol. The predicted octanol–water partition coefficient (Wildman–Crippen LogP) is 6.03. The van der Waals surface area contributed by atoms with Crippen LogP contribution in [0.1, 0.15) is 23.4 Å². The number of nitrogens with zero attached hydrogens (tertiary/aromatic N) is 2. The van der Waals surface area contributed by atoms with Crippen molar-refractivity contribution in [2.75, 3.05) is 5.75 Å². The van der Waals surface area contributed by atoms with Crippen LogP contribution in [0, 0.1) is 13.8 Å². The van der Waals surface area contributed by atoms with Gasteiger partial charge < -0.3 is 4.57 Å². The number of nitrogens with one attached hydrogen (secondary N) is 1. The zero-order valence-corrected chi connectivity index (χ0v) is 18.5. The summed E-state index contributed by atoms with van der Waals surface area (Å²) >= 11 is 14.1. The molecule has 1 heterocycles. The fraction of sp³-hybridized carbons (Fsp3) is 0.182. The van der Waals surface area contributed by atoms with Crippen molar-refractivity contribution in [1.82, 2.24) is 9.99 Å². The number of benzene rings is 2. The number of carbonyl (C=O) groups excluding carboxylic acids is 1. The van der Waals surface area contributed by atoms with E-state index in [0.29, 0.717) is 22.2 Å². The van der Waals surface area contributed by atoms with Crippen LogP contribution in [0.4, 0.5) is 0 Å². The molecule has 0 atom stereocenters. The van der Waals surface area contributed by atoms with Gasteiger partial charge in [-0.05, 0) is 50.2 Å². The Bertz CT molecular complexity index is 1030. The highest BCUT2D eigenvalue weighted by Crippen LogP contribution is 2.28. The second kappa shape index (κ2) is 10.0. The van der Waals surface area contributed by atoms with E-state index in [2.05, 4.69) is 10.5 Å². The van der Waals surface area contributed by atoms with Crippen LogP contribution < -0.4 is 5.43 Å². The molecule has 3 rings (SSSR count). The number of hydrogen-bond acceptors (Lipinski definition) is 3. The molecule has 0 saturated heterocycles. The molecule has 1 amide bonds. The summed E-state index contributed by atoms with van der Waals surface area (Å²) in [5, 5.41) is 5.34. The number of rotatable bonds is 7. The average molecular weight is 446 g/mol. The Hall–Kier alpha value is -2.21. The first kappa shape index (κ1) is 21.5. The number of amides is 1. The zero-order chi connectivity index (χ0) is 20.8. The molecular weight excluding hydrogens is 425 g/mol. The summed E-state index contributed by atoms with van der Waals surface area (Å²) in [6.45, 7) is 3.96. The van der Waals surface area contributed by atoms with Crippen molar-refractivity contribution in [3.05, 3.63) is 81.6 Å². The number of halogens is 2. The fourth-order valence-electron chi connectivity index (χ4n) is 2.95. The second-order valence-corrected chi connectivity index (χ2v) is 8.47. The Balaban J connectivity index is 1.61. The number of hydrazone groups is 1. The van der Waals surface area contributed by atoms with Crippen LogP contribution in [0.25, 0.3) is 5.69 Å². The van der Waals surface area contributed by atoms with E-state index >= 15 is 0 Å². The highest BCUT2D eigenvalue weighted by molar-refractivity contribution is 7.99. The van der Waals surface area contributed by atoms with Crippen molar-refractivity contribution in [2.45, 2.75) is 25.2 Å². The molecule has 0 fully saturated rings. The summed E-state index contributed by atoms with van der Waals surface area (Å²) < 4.78 is 2.02. The Morgan fingerprint density at radius 1 is 1.14 bits per heavy atom. The number of aromatic nitrogens is 1. The van der Waals surface area contributed by atoms with Gasteiger partial charge in [-0.2, -0.15) is 5.10 Å². The second-order valence-electron chi connectivity index (χ2n) is 6.46. The van der Waals surface area contributed by atoms with Crippen molar-refractivity contribution in [3.8, 4) is 5.69 Å². The smallest absolute Gasteiger partial charge is 0.240 e. The highest BCUT2D eigenvalue weighted by atomic mass is 35.5. The molecule has 7 heteroatoms. The van der Waals surface area contributed by atoms with Gasteiger partial charge in [-0.25, -0.2) is 5.43 Å². The van der Waals surface area contributed by atoms with E-state index in [1.807, 2.05) is 60.9 Å². The quantitative estimate of drug-likeness (QED) is 0.274. The lowest BCUT2D eigenvalue weighted by atomic mass is 10.2. The molecule has 0 aliphatic heterocycles. The molecule has 0 unspecified atom stereocenters. The monoisotopic (exact) mass is 445 g/mol. The van der Waals surface area contributed by atoms with Crippen LogP contribution in [0.2, 0.25) is 10.0 Å². The summed E-state index contributed by atoms with van der Waals surface area (Å²) in [7, 11) is 0. The van der Waals surface area contributed by atoms with Gasteiger partial charge in [0.25, 0.3) is 0 Å². The Morgan fingerprint density at radius 3 is 2.66 bits per heavy atom. The van der Waals surface area contributed by atoms with Crippen molar-refractivity contribution in [2.24, 2.45) is 5.10 Å². The summed E-state index contributed by atoms with van der Waals surface area (Å²) in [6.07, 6.45) is 2.05. The van der Waals surface area contributed by atoms with E-state index in [-0.39, 0.29) is 5.91 Å². The standard InChI is InChI=1S/C22H21Cl2N3OS/c1-15-12-17(16(2)27(15)21-13-18(23)8-9-20(21)24)14-25-26-22(28)10-11-29-19-6-4-3-5-7-19/h3-9,12-14H,10-11H2,1-2H3,(H,26,28)/b25-14+. The molecule has 150 valence electrons. The Labute approximate surface area is 184 Å². The molecule has 0 radical (unpaired) electrons. The molecule has 0 bridgehead atoms. The molecule has 0 saturated carbocycles. The van der Waals surface area contributed by atoms with Gasteiger partial charge in [0.2, 0.25) is 5.91 Å². The molecule has 4 nitrogen and oxygen atoms in total. The Morgan fingerprint density at radius 2 is 1.90 bits per heavy atom. The third-order valence-electron chi connectivity index (χ3n) is 4.35. The van der Waals surface area contributed by atoms with Gasteiger partial charge in [-0.1, -0.05) is 41.4 Å². The molecule has 2 aromatic carbocycles. The van der Waals surface area contributed by atoms with E-state index < -0.39 is 0 Å². The maximum Gasteiger partial charge on any atom is 0.240 e. The molecular formula is C22H21Cl2N3OS. The largest absolute Gasteiger partial charge is 0.316 e. The first-order chi connectivity index (χ1) is 14.0. The van der Waals surface area contributed by atoms with E-state index in [1.165, 1.54) is 0 Å². The molecule has 29 heavy (non-hydrogen) atoms. The van der Waals surface area contributed by atoms with Gasteiger partial charge in [0.1, 0.15) is 0 Å². The Kier molecular flexibility index (Phi) is 7.42. The van der Waals surface area contributed by atoms with Gasteiger partial charge in [-0.15, -0.1) is 11.8 Å². The van der Waals surface area contributed by atoms with Crippen LogP contribution in [0.5, 0.6) is 0 Å². The van der Waals surface area contributed by atoms with E-state index in [4.69, 9.17) is 23.2 Å². The van der Waals surface area contributed by atoms with Gasteiger partial charge in [0, 0.05) is 39.0 Å². The minimum Gasteiger partial charge on any atom is -0.316 e.